The number of pyridine rings is 2. The topological polar surface area (TPSA) is 62.5 Å². The van der Waals surface area contributed by atoms with E-state index in [0.29, 0.717) is 17.9 Å². The van der Waals surface area contributed by atoms with Crippen molar-refractivity contribution >= 4 is 11.4 Å². The Bertz CT molecular complexity index is 1330. The van der Waals surface area contributed by atoms with Crippen molar-refractivity contribution in [1.29, 1.82) is 0 Å². The lowest BCUT2D eigenvalue weighted by Crippen LogP contribution is -2.29. The lowest BCUT2D eigenvalue weighted by atomic mass is 9.99. The van der Waals surface area contributed by atoms with E-state index in [1.165, 1.54) is 18.9 Å². The Kier molecular flexibility index (Phi) is 6.36. The lowest BCUT2D eigenvalue weighted by molar-refractivity contribution is 0.0941. The standard InChI is InChI=1S/C27H28FN5O/c1-19-16-20(8-10-24(19)28)25-23(6-4-11-29-25)21-7-9-22-17-31-26(33(22)18-21)27(34)30-12-5-15-32-13-2-3-14-32/h4,6-11,16-18H,2-3,5,12-15H2,1H3,(H,30,34). The van der Waals surface area contributed by atoms with Crippen molar-refractivity contribution in [2.24, 2.45) is 0 Å². The van der Waals surface area contributed by atoms with Crippen molar-refractivity contribution in [2.45, 2.75) is 26.2 Å². The van der Waals surface area contributed by atoms with Gasteiger partial charge in [-0.15, -0.1) is 0 Å². The van der Waals surface area contributed by atoms with Crippen LogP contribution in [0.4, 0.5) is 4.39 Å². The number of carbonyl (C=O) groups excluding carboxylic acids is 1. The number of nitrogens with one attached hydrogen (secondary N) is 1. The van der Waals surface area contributed by atoms with Crippen LogP contribution in [0, 0.1) is 12.7 Å². The monoisotopic (exact) mass is 457 g/mol. The maximum absolute atomic E-state index is 13.8. The van der Waals surface area contributed by atoms with E-state index in [0.717, 1.165) is 54.0 Å². The average molecular weight is 458 g/mol. The maximum atomic E-state index is 13.8. The van der Waals surface area contributed by atoms with Crippen LogP contribution in [-0.4, -0.2) is 51.4 Å². The molecule has 1 saturated heterocycles. The number of imidazole rings is 1. The predicted molar refractivity (Wildman–Crippen MR) is 131 cm³/mol. The highest BCUT2D eigenvalue weighted by Crippen LogP contribution is 2.31. The lowest BCUT2D eigenvalue weighted by Gasteiger charge is -2.14. The number of nitrogens with zero attached hydrogens (tertiary/aromatic N) is 4. The van der Waals surface area contributed by atoms with Gasteiger partial charge in [-0.1, -0.05) is 12.1 Å². The van der Waals surface area contributed by atoms with E-state index < -0.39 is 0 Å². The van der Waals surface area contributed by atoms with Gasteiger partial charge in [0.2, 0.25) is 5.82 Å². The summed E-state index contributed by atoms with van der Waals surface area (Å²) in [6, 6.07) is 12.8. The van der Waals surface area contributed by atoms with Gasteiger partial charge in [-0.25, -0.2) is 9.37 Å². The van der Waals surface area contributed by atoms with Crippen molar-refractivity contribution < 1.29 is 9.18 Å². The number of benzene rings is 1. The Morgan fingerprint density at radius 2 is 1.91 bits per heavy atom. The number of hydrogen-bond acceptors (Lipinski definition) is 4. The number of aromatic nitrogens is 3. The number of likely N-dealkylation sites (tertiary alicyclic amines) is 1. The summed E-state index contributed by atoms with van der Waals surface area (Å²) < 4.78 is 15.6. The van der Waals surface area contributed by atoms with E-state index >= 15 is 0 Å². The average Bonchev–Trinajstić information content (AvgIpc) is 3.53. The first-order chi connectivity index (χ1) is 16.6. The normalized spacial score (nSPS) is 14.1. The minimum Gasteiger partial charge on any atom is -0.349 e. The fourth-order valence-electron chi connectivity index (χ4n) is 4.57. The highest BCUT2D eigenvalue weighted by Gasteiger charge is 2.16. The molecule has 0 unspecified atom stereocenters. The van der Waals surface area contributed by atoms with Crippen molar-refractivity contribution in [1.82, 2.24) is 24.6 Å². The van der Waals surface area contributed by atoms with Gasteiger partial charge in [0.05, 0.1) is 17.4 Å². The zero-order chi connectivity index (χ0) is 23.5. The van der Waals surface area contributed by atoms with E-state index in [1.54, 1.807) is 31.5 Å². The molecule has 6 nitrogen and oxygen atoms in total. The number of carbonyl (C=O) groups is 1. The highest BCUT2D eigenvalue weighted by atomic mass is 19.1. The largest absolute Gasteiger partial charge is 0.349 e. The number of rotatable bonds is 7. The molecule has 0 saturated carbocycles. The first kappa shape index (κ1) is 22.2. The van der Waals surface area contributed by atoms with E-state index in [1.807, 2.05) is 34.9 Å². The zero-order valence-corrected chi connectivity index (χ0v) is 19.3. The van der Waals surface area contributed by atoms with Crippen LogP contribution in [0.2, 0.25) is 0 Å². The van der Waals surface area contributed by atoms with E-state index in [-0.39, 0.29) is 11.7 Å². The smallest absolute Gasteiger partial charge is 0.287 e. The molecule has 0 radical (unpaired) electrons. The second kappa shape index (κ2) is 9.73. The first-order valence-electron chi connectivity index (χ1n) is 11.8. The summed E-state index contributed by atoms with van der Waals surface area (Å²) in [6.07, 6.45) is 8.82. The third-order valence-electron chi connectivity index (χ3n) is 6.42. The van der Waals surface area contributed by atoms with Gasteiger partial charge in [-0.3, -0.25) is 14.2 Å². The summed E-state index contributed by atoms with van der Waals surface area (Å²) in [5.74, 6) is -0.0580. The van der Waals surface area contributed by atoms with E-state index in [4.69, 9.17) is 0 Å². The van der Waals surface area contributed by atoms with Gasteiger partial charge in [0, 0.05) is 35.6 Å². The van der Waals surface area contributed by atoms with Gasteiger partial charge in [-0.05, 0) is 81.7 Å². The first-order valence-corrected chi connectivity index (χ1v) is 11.8. The van der Waals surface area contributed by atoms with Crippen LogP contribution in [0.25, 0.3) is 27.9 Å². The molecule has 3 aromatic heterocycles. The highest BCUT2D eigenvalue weighted by molar-refractivity contribution is 5.92. The molecule has 34 heavy (non-hydrogen) atoms. The minimum atomic E-state index is -0.239. The Morgan fingerprint density at radius 3 is 2.74 bits per heavy atom. The zero-order valence-electron chi connectivity index (χ0n) is 19.3. The van der Waals surface area contributed by atoms with Crippen molar-refractivity contribution in [3.05, 3.63) is 78.3 Å². The molecular formula is C27H28FN5O. The van der Waals surface area contributed by atoms with Gasteiger partial charge >= 0.3 is 0 Å². The molecular weight excluding hydrogens is 429 g/mol. The Balaban J connectivity index is 1.39. The quantitative estimate of drug-likeness (QED) is 0.408. The van der Waals surface area contributed by atoms with Crippen LogP contribution in [0.15, 0.2) is 61.1 Å². The molecule has 5 rings (SSSR count). The van der Waals surface area contributed by atoms with Crippen LogP contribution in [-0.2, 0) is 0 Å². The Morgan fingerprint density at radius 1 is 1.09 bits per heavy atom. The van der Waals surface area contributed by atoms with Crippen molar-refractivity contribution in [3.63, 3.8) is 0 Å². The molecule has 174 valence electrons. The maximum Gasteiger partial charge on any atom is 0.287 e. The summed E-state index contributed by atoms with van der Waals surface area (Å²) >= 11 is 0. The number of fused-ring (bicyclic) bond motifs is 1. The van der Waals surface area contributed by atoms with Crippen LogP contribution < -0.4 is 5.32 Å². The van der Waals surface area contributed by atoms with Gasteiger partial charge < -0.3 is 10.2 Å². The second-order valence-electron chi connectivity index (χ2n) is 8.82. The molecule has 0 atom stereocenters. The molecule has 1 aliphatic rings. The molecule has 1 aliphatic heterocycles. The number of aryl methyl sites for hydroxylation is 1. The molecule has 0 spiro atoms. The molecule has 4 aromatic rings. The van der Waals surface area contributed by atoms with Gasteiger partial charge in [0.1, 0.15) is 5.82 Å². The summed E-state index contributed by atoms with van der Waals surface area (Å²) in [6.45, 7) is 5.71. The number of amides is 1. The van der Waals surface area contributed by atoms with Gasteiger partial charge in [-0.2, -0.15) is 0 Å². The molecule has 1 fully saturated rings. The Hall–Kier alpha value is -3.58. The summed E-state index contributed by atoms with van der Waals surface area (Å²) in [5, 5.41) is 3.01. The molecule has 7 heteroatoms. The third-order valence-corrected chi connectivity index (χ3v) is 6.42. The molecule has 1 aromatic carbocycles. The Labute approximate surface area is 198 Å². The fraction of sp³-hybridized carbons (Fsp3) is 0.296. The van der Waals surface area contributed by atoms with Gasteiger partial charge in [0.25, 0.3) is 5.91 Å². The minimum absolute atomic E-state index is 0.181. The third kappa shape index (κ3) is 4.56. The van der Waals surface area contributed by atoms with E-state index in [2.05, 4.69) is 20.2 Å². The predicted octanol–water partition coefficient (Wildman–Crippen LogP) is 4.73. The second-order valence-corrected chi connectivity index (χ2v) is 8.82. The number of halogens is 1. The summed E-state index contributed by atoms with van der Waals surface area (Å²) in [4.78, 5) is 24.3. The van der Waals surface area contributed by atoms with Crippen LogP contribution >= 0.6 is 0 Å². The summed E-state index contributed by atoms with van der Waals surface area (Å²) in [5.41, 5.74) is 4.82. The van der Waals surface area contributed by atoms with Gasteiger partial charge in [0.15, 0.2) is 0 Å². The molecule has 1 amide bonds. The molecule has 0 aliphatic carbocycles. The van der Waals surface area contributed by atoms with Crippen LogP contribution in [0.3, 0.4) is 0 Å². The molecule has 0 bridgehead atoms. The number of hydrogen-bond donors (Lipinski definition) is 1. The fourth-order valence-corrected chi connectivity index (χ4v) is 4.57. The van der Waals surface area contributed by atoms with Crippen molar-refractivity contribution in [2.75, 3.05) is 26.2 Å². The van der Waals surface area contributed by atoms with Crippen LogP contribution in [0.1, 0.15) is 35.4 Å². The van der Waals surface area contributed by atoms with E-state index in [9.17, 15) is 9.18 Å². The summed E-state index contributed by atoms with van der Waals surface area (Å²) in [7, 11) is 0. The molecule has 1 N–H and O–H groups in total. The molecule has 4 heterocycles. The van der Waals surface area contributed by atoms with Crippen LogP contribution in [0.5, 0.6) is 0 Å². The van der Waals surface area contributed by atoms with Crippen molar-refractivity contribution in [3.8, 4) is 22.4 Å². The SMILES string of the molecule is Cc1cc(-c2ncccc2-c2ccc3cnc(C(=O)NCCCN4CCCC4)n3c2)ccc1F.